The highest BCUT2D eigenvalue weighted by atomic mass is 16.2. The van der Waals surface area contributed by atoms with Crippen molar-refractivity contribution >= 4 is 11.6 Å². The maximum Gasteiger partial charge on any atom is 0.229 e. The third kappa shape index (κ3) is 3.08. The summed E-state index contributed by atoms with van der Waals surface area (Å²) in [5, 5.41) is 22.1. The van der Waals surface area contributed by atoms with Gasteiger partial charge in [-0.05, 0) is 41.1 Å². The zero-order valence-electron chi connectivity index (χ0n) is 14.6. The molecule has 4 rings (SSSR count). The van der Waals surface area contributed by atoms with Gasteiger partial charge in [0, 0.05) is 37.9 Å². The van der Waals surface area contributed by atoms with Gasteiger partial charge in [0.2, 0.25) is 5.91 Å². The summed E-state index contributed by atoms with van der Waals surface area (Å²) >= 11 is 0. The van der Waals surface area contributed by atoms with Gasteiger partial charge in [-0.1, -0.05) is 6.07 Å². The second kappa shape index (κ2) is 6.68. The molecule has 0 bridgehead atoms. The molecule has 9 nitrogen and oxygen atoms in total. The number of nitrogens with one attached hydrogen (secondary N) is 2. The van der Waals surface area contributed by atoms with E-state index >= 15 is 0 Å². The monoisotopic (exact) mass is 352 g/mol. The molecule has 3 heterocycles. The van der Waals surface area contributed by atoms with Gasteiger partial charge in [-0.25, -0.2) is 0 Å². The number of amides is 1. The molecule has 0 spiro atoms. The van der Waals surface area contributed by atoms with Crippen LogP contribution >= 0.6 is 0 Å². The molecule has 1 fully saturated rings. The summed E-state index contributed by atoms with van der Waals surface area (Å²) in [7, 11) is 1.88. The van der Waals surface area contributed by atoms with Crippen LogP contribution in [0.15, 0.2) is 36.7 Å². The molecule has 3 aromatic rings. The van der Waals surface area contributed by atoms with E-state index in [2.05, 4.69) is 31.3 Å². The van der Waals surface area contributed by atoms with E-state index in [9.17, 15) is 4.79 Å². The number of carbonyl (C=O) groups is 1. The lowest BCUT2D eigenvalue weighted by molar-refractivity contribution is -0.119. The van der Waals surface area contributed by atoms with E-state index in [1.54, 1.807) is 9.36 Å². The molecule has 0 aliphatic carbocycles. The molecule has 1 saturated heterocycles. The Kier molecular flexibility index (Phi) is 4.21. The Labute approximate surface area is 150 Å². The summed E-state index contributed by atoms with van der Waals surface area (Å²) in [5.74, 6) is 0.658. The smallest absolute Gasteiger partial charge is 0.229 e. The first-order valence-corrected chi connectivity index (χ1v) is 8.47. The number of hydrogen-bond donors (Lipinski definition) is 2. The normalized spacial score (nSPS) is 19.6. The standard InChI is InChI=1S/C17H20N8O/c1-11-21-22-23-25(11)14-5-3-4-13(6-14)20-17(26)16-9-18-8-15(16)12-7-19-24(2)10-12/h3-7,10,15-16,18H,8-9H2,1-2H3,(H,20,26)/t15-,16+/m1/s1. The predicted octanol–water partition coefficient (Wildman–Crippen LogP) is 0.646. The Hall–Kier alpha value is -3.07. The van der Waals surface area contributed by atoms with Crippen molar-refractivity contribution in [1.82, 2.24) is 35.3 Å². The summed E-state index contributed by atoms with van der Waals surface area (Å²) < 4.78 is 3.39. The van der Waals surface area contributed by atoms with Crippen molar-refractivity contribution in [1.29, 1.82) is 0 Å². The lowest BCUT2D eigenvalue weighted by Gasteiger charge is -2.17. The van der Waals surface area contributed by atoms with Gasteiger partial charge in [0.05, 0.1) is 17.8 Å². The SMILES string of the molecule is Cc1nnnn1-c1cccc(NC(=O)[C@H]2CNC[C@@H]2c2cnn(C)c2)c1. The highest BCUT2D eigenvalue weighted by Crippen LogP contribution is 2.29. The Morgan fingerprint density at radius 1 is 1.35 bits per heavy atom. The third-order valence-electron chi connectivity index (χ3n) is 4.69. The molecular weight excluding hydrogens is 332 g/mol. The lowest BCUT2D eigenvalue weighted by atomic mass is 9.90. The fraction of sp³-hybridized carbons (Fsp3) is 0.353. The Morgan fingerprint density at radius 2 is 2.23 bits per heavy atom. The summed E-state index contributed by atoms with van der Waals surface area (Å²) in [6.45, 7) is 3.25. The summed E-state index contributed by atoms with van der Waals surface area (Å²) in [6.07, 6.45) is 3.80. The van der Waals surface area contributed by atoms with Gasteiger partial charge in [0.15, 0.2) is 5.82 Å². The first kappa shape index (κ1) is 16.4. The topological polar surface area (TPSA) is 103 Å². The van der Waals surface area contributed by atoms with Crippen molar-refractivity contribution in [3.8, 4) is 5.69 Å². The molecule has 1 aliphatic heterocycles. The van der Waals surface area contributed by atoms with E-state index in [-0.39, 0.29) is 17.7 Å². The Balaban J connectivity index is 1.52. The summed E-state index contributed by atoms with van der Waals surface area (Å²) in [5.41, 5.74) is 2.61. The van der Waals surface area contributed by atoms with E-state index in [1.165, 1.54) is 0 Å². The van der Waals surface area contributed by atoms with Gasteiger partial charge in [-0.3, -0.25) is 9.48 Å². The van der Waals surface area contributed by atoms with Crippen LogP contribution in [0.5, 0.6) is 0 Å². The molecule has 2 aromatic heterocycles. The lowest BCUT2D eigenvalue weighted by Crippen LogP contribution is -2.28. The number of benzene rings is 1. The number of rotatable bonds is 4. The van der Waals surface area contributed by atoms with Crippen molar-refractivity contribution in [2.24, 2.45) is 13.0 Å². The van der Waals surface area contributed by atoms with Crippen molar-refractivity contribution in [3.63, 3.8) is 0 Å². The quantitative estimate of drug-likeness (QED) is 0.715. The second-order valence-corrected chi connectivity index (χ2v) is 6.50. The van der Waals surface area contributed by atoms with E-state index in [0.29, 0.717) is 12.4 Å². The van der Waals surface area contributed by atoms with Gasteiger partial charge in [-0.15, -0.1) is 5.10 Å². The fourth-order valence-corrected chi connectivity index (χ4v) is 3.36. The van der Waals surface area contributed by atoms with E-state index in [4.69, 9.17) is 0 Å². The molecular formula is C17H20N8O. The zero-order valence-corrected chi connectivity index (χ0v) is 14.6. The molecule has 9 heteroatoms. The van der Waals surface area contributed by atoms with Crippen LogP contribution in [0.3, 0.4) is 0 Å². The van der Waals surface area contributed by atoms with Crippen LogP contribution < -0.4 is 10.6 Å². The van der Waals surface area contributed by atoms with Crippen LogP contribution in [0.1, 0.15) is 17.3 Å². The average molecular weight is 352 g/mol. The van der Waals surface area contributed by atoms with Gasteiger partial charge >= 0.3 is 0 Å². The molecule has 0 saturated carbocycles. The second-order valence-electron chi connectivity index (χ2n) is 6.50. The van der Waals surface area contributed by atoms with Gasteiger partial charge in [-0.2, -0.15) is 9.78 Å². The molecule has 2 atom stereocenters. The minimum atomic E-state index is -0.141. The molecule has 134 valence electrons. The molecule has 1 amide bonds. The van der Waals surface area contributed by atoms with Crippen LogP contribution in [0.2, 0.25) is 0 Å². The number of anilines is 1. The van der Waals surface area contributed by atoms with Crippen molar-refractivity contribution in [2.45, 2.75) is 12.8 Å². The van der Waals surface area contributed by atoms with Crippen LogP contribution in [-0.2, 0) is 11.8 Å². The van der Waals surface area contributed by atoms with E-state index in [0.717, 1.165) is 23.5 Å². The highest BCUT2D eigenvalue weighted by Gasteiger charge is 2.34. The molecule has 0 unspecified atom stereocenters. The maximum absolute atomic E-state index is 12.8. The summed E-state index contributed by atoms with van der Waals surface area (Å²) in [4.78, 5) is 12.8. The molecule has 0 radical (unpaired) electrons. The molecule has 2 N–H and O–H groups in total. The van der Waals surface area contributed by atoms with Crippen LogP contribution in [0.25, 0.3) is 5.69 Å². The maximum atomic E-state index is 12.8. The highest BCUT2D eigenvalue weighted by molar-refractivity contribution is 5.93. The number of nitrogens with zero attached hydrogens (tertiary/aromatic N) is 6. The number of aromatic nitrogens is 6. The third-order valence-corrected chi connectivity index (χ3v) is 4.69. The van der Waals surface area contributed by atoms with Crippen molar-refractivity contribution in [3.05, 3.63) is 48.0 Å². The first-order chi connectivity index (χ1) is 12.6. The van der Waals surface area contributed by atoms with E-state index < -0.39 is 0 Å². The summed E-state index contributed by atoms with van der Waals surface area (Å²) in [6, 6.07) is 7.50. The van der Waals surface area contributed by atoms with Crippen molar-refractivity contribution in [2.75, 3.05) is 18.4 Å². The predicted molar refractivity (Wildman–Crippen MR) is 94.8 cm³/mol. The van der Waals surface area contributed by atoms with Crippen LogP contribution in [0, 0.1) is 12.8 Å². The molecule has 1 aromatic carbocycles. The largest absolute Gasteiger partial charge is 0.326 e. The Morgan fingerprint density at radius 3 is 2.96 bits per heavy atom. The number of tetrazole rings is 1. The van der Waals surface area contributed by atoms with Crippen molar-refractivity contribution < 1.29 is 4.79 Å². The van der Waals surface area contributed by atoms with E-state index in [1.807, 2.05) is 50.6 Å². The minimum Gasteiger partial charge on any atom is -0.326 e. The zero-order chi connectivity index (χ0) is 18.1. The van der Waals surface area contributed by atoms with Crippen LogP contribution in [0.4, 0.5) is 5.69 Å². The number of hydrogen-bond acceptors (Lipinski definition) is 6. The van der Waals surface area contributed by atoms with Crippen LogP contribution in [-0.4, -0.2) is 49.0 Å². The molecule has 26 heavy (non-hydrogen) atoms. The average Bonchev–Trinajstić information content (AvgIpc) is 3.35. The number of aryl methyl sites for hydroxylation is 2. The minimum absolute atomic E-state index is 0.00515. The Bertz CT molecular complexity index is 930. The molecule has 1 aliphatic rings. The first-order valence-electron chi connectivity index (χ1n) is 8.47. The van der Waals surface area contributed by atoms with Gasteiger partial charge in [0.25, 0.3) is 0 Å². The fourth-order valence-electron chi connectivity index (χ4n) is 3.36. The van der Waals surface area contributed by atoms with Gasteiger partial charge in [0.1, 0.15) is 0 Å². The number of carbonyl (C=O) groups excluding carboxylic acids is 1. The van der Waals surface area contributed by atoms with Gasteiger partial charge < -0.3 is 10.6 Å².